The van der Waals surface area contributed by atoms with Gasteiger partial charge >= 0.3 is 5.97 Å². The summed E-state index contributed by atoms with van der Waals surface area (Å²) in [5.41, 5.74) is 0.760. The molecule has 0 saturated heterocycles. The normalized spacial score (nSPS) is 10.2. The number of hydrogen-bond donors (Lipinski definition) is 1. The molecule has 0 fully saturated rings. The first-order chi connectivity index (χ1) is 8.67. The highest BCUT2D eigenvalue weighted by Gasteiger charge is 2.04. The lowest BCUT2D eigenvalue weighted by molar-refractivity contribution is -0.140. The van der Waals surface area contributed by atoms with Crippen LogP contribution in [0.25, 0.3) is 0 Å². The van der Waals surface area contributed by atoms with E-state index >= 15 is 0 Å². The van der Waals surface area contributed by atoms with Gasteiger partial charge in [-0.3, -0.25) is 4.79 Å². The highest BCUT2D eigenvalue weighted by molar-refractivity contribution is 5.69. The molecular weight excluding hydrogens is 237 g/mol. The molecule has 1 rings (SSSR count). The first-order valence-electron chi connectivity index (χ1n) is 5.77. The summed E-state index contributed by atoms with van der Waals surface area (Å²) in [5.74, 6) is 0.138. The third kappa shape index (κ3) is 4.71. The summed E-state index contributed by atoms with van der Waals surface area (Å²) in [6, 6.07) is 4.40. The van der Waals surface area contributed by atoms with E-state index in [-0.39, 0.29) is 11.8 Å². The zero-order valence-electron chi connectivity index (χ0n) is 10.7. The number of rotatable bonds is 7. The Kier molecular flexibility index (Phi) is 6.14. The molecule has 0 aliphatic carbocycles. The third-order valence-electron chi connectivity index (χ3n) is 2.52. The van der Waals surface area contributed by atoms with Gasteiger partial charge in [-0.15, -0.1) is 0 Å². The van der Waals surface area contributed by atoms with Crippen molar-refractivity contribution >= 4 is 5.97 Å². The molecule has 5 heteroatoms. The maximum absolute atomic E-state index is 13.1. The SMILES string of the molecule is COC(=O)CCCNCc1cc(F)ccc1OC. The fraction of sp³-hybridized carbons (Fsp3) is 0.462. The van der Waals surface area contributed by atoms with E-state index in [4.69, 9.17) is 4.74 Å². The zero-order chi connectivity index (χ0) is 13.4. The van der Waals surface area contributed by atoms with Crippen LogP contribution in [0.1, 0.15) is 18.4 Å². The van der Waals surface area contributed by atoms with Gasteiger partial charge in [-0.05, 0) is 31.2 Å². The smallest absolute Gasteiger partial charge is 0.305 e. The molecule has 0 aromatic heterocycles. The number of methoxy groups -OCH3 is 2. The highest BCUT2D eigenvalue weighted by atomic mass is 19.1. The third-order valence-corrected chi connectivity index (χ3v) is 2.52. The molecular formula is C13H18FNO3. The monoisotopic (exact) mass is 255 g/mol. The molecule has 0 unspecified atom stereocenters. The molecule has 0 heterocycles. The number of carbonyl (C=O) groups is 1. The number of ether oxygens (including phenoxy) is 2. The molecule has 0 aliphatic heterocycles. The quantitative estimate of drug-likeness (QED) is 0.597. The molecule has 0 radical (unpaired) electrons. The maximum Gasteiger partial charge on any atom is 0.305 e. The summed E-state index contributed by atoms with van der Waals surface area (Å²) >= 11 is 0. The predicted octanol–water partition coefficient (Wildman–Crippen LogP) is 1.88. The minimum Gasteiger partial charge on any atom is -0.496 e. The van der Waals surface area contributed by atoms with Crippen molar-refractivity contribution in [2.75, 3.05) is 20.8 Å². The van der Waals surface area contributed by atoms with E-state index in [9.17, 15) is 9.18 Å². The van der Waals surface area contributed by atoms with Crippen molar-refractivity contribution < 1.29 is 18.7 Å². The summed E-state index contributed by atoms with van der Waals surface area (Å²) in [5, 5.41) is 3.13. The van der Waals surface area contributed by atoms with E-state index in [1.807, 2.05) is 0 Å². The molecule has 0 spiro atoms. The number of carbonyl (C=O) groups excluding carboxylic acids is 1. The first kappa shape index (κ1) is 14.4. The minimum atomic E-state index is -0.290. The van der Waals surface area contributed by atoms with Crippen molar-refractivity contribution in [2.45, 2.75) is 19.4 Å². The second kappa shape index (κ2) is 7.66. The molecule has 0 amide bonds. The van der Waals surface area contributed by atoms with Gasteiger partial charge in [-0.25, -0.2) is 4.39 Å². The molecule has 4 nitrogen and oxygen atoms in total. The summed E-state index contributed by atoms with van der Waals surface area (Å²) in [7, 11) is 2.92. The summed E-state index contributed by atoms with van der Waals surface area (Å²) in [6.07, 6.45) is 1.06. The van der Waals surface area contributed by atoms with Crippen molar-refractivity contribution in [3.8, 4) is 5.75 Å². The Morgan fingerprint density at radius 2 is 2.17 bits per heavy atom. The second-order valence-corrected chi connectivity index (χ2v) is 3.81. The van der Waals surface area contributed by atoms with E-state index in [2.05, 4.69) is 10.1 Å². The standard InChI is InChI=1S/C13H18FNO3/c1-17-12-6-5-11(14)8-10(12)9-15-7-3-4-13(16)18-2/h5-6,8,15H,3-4,7,9H2,1-2H3. The van der Waals surface area contributed by atoms with Crippen LogP contribution in [-0.2, 0) is 16.1 Å². The first-order valence-corrected chi connectivity index (χ1v) is 5.77. The number of nitrogens with one attached hydrogen (secondary N) is 1. The zero-order valence-corrected chi connectivity index (χ0v) is 10.7. The van der Waals surface area contributed by atoms with Crippen LogP contribution in [-0.4, -0.2) is 26.7 Å². The van der Waals surface area contributed by atoms with Crippen molar-refractivity contribution in [3.05, 3.63) is 29.6 Å². The Morgan fingerprint density at radius 3 is 2.83 bits per heavy atom. The van der Waals surface area contributed by atoms with Crippen LogP contribution in [0.4, 0.5) is 4.39 Å². The van der Waals surface area contributed by atoms with Gasteiger partial charge in [0.05, 0.1) is 14.2 Å². The fourth-order valence-corrected chi connectivity index (χ4v) is 1.57. The average Bonchev–Trinajstić information content (AvgIpc) is 2.38. The van der Waals surface area contributed by atoms with Crippen molar-refractivity contribution in [3.63, 3.8) is 0 Å². The van der Waals surface area contributed by atoms with Crippen LogP contribution in [0.15, 0.2) is 18.2 Å². The molecule has 0 atom stereocenters. The average molecular weight is 255 g/mol. The highest BCUT2D eigenvalue weighted by Crippen LogP contribution is 2.18. The van der Waals surface area contributed by atoms with Gasteiger partial charge in [0.2, 0.25) is 0 Å². The largest absolute Gasteiger partial charge is 0.496 e. The Bertz CT molecular complexity index is 396. The Morgan fingerprint density at radius 1 is 1.39 bits per heavy atom. The summed E-state index contributed by atoms with van der Waals surface area (Å²) in [6.45, 7) is 1.16. The van der Waals surface area contributed by atoms with Crippen LogP contribution >= 0.6 is 0 Å². The molecule has 18 heavy (non-hydrogen) atoms. The lowest BCUT2D eigenvalue weighted by atomic mass is 10.2. The Balaban J connectivity index is 2.34. The van der Waals surface area contributed by atoms with Gasteiger partial charge in [-0.2, -0.15) is 0 Å². The number of esters is 1. The molecule has 0 bridgehead atoms. The van der Waals surface area contributed by atoms with Gasteiger partial charge < -0.3 is 14.8 Å². The van der Waals surface area contributed by atoms with E-state index in [1.165, 1.54) is 19.2 Å². The minimum absolute atomic E-state index is 0.222. The van der Waals surface area contributed by atoms with Crippen LogP contribution in [0.2, 0.25) is 0 Å². The molecule has 0 saturated carbocycles. The van der Waals surface area contributed by atoms with E-state index < -0.39 is 0 Å². The molecule has 0 aliphatic rings. The summed E-state index contributed by atoms with van der Waals surface area (Å²) in [4.78, 5) is 10.9. The lowest BCUT2D eigenvalue weighted by Gasteiger charge is -2.09. The van der Waals surface area contributed by atoms with Crippen molar-refractivity contribution in [2.24, 2.45) is 0 Å². The van der Waals surface area contributed by atoms with Crippen molar-refractivity contribution in [1.29, 1.82) is 0 Å². The Hall–Kier alpha value is -1.62. The Labute approximate surface area is 106 Å². The predicted molar refractivity (Wildman–Crippen MR) is 65.9 cm³/mol. The number of halogens is 1. The van der Waals surface area contributed by atoms with Gasteiger partial charge in [0, 0.05) is 18.5 Å². The molecule has 100 valence electrons. The van der Waals surface area contributed by atoms with Crippen molar-refractivity contribution in [1.82, 2.24) is 5.32 Å². The van der Waals surface area contributed by atoms with Gasteiger partial charge in [-0.1, -0.05) is 0 Å². The van der Waals surface area contributed by atoms with Gasteiger partial charge in [0.1, 0.15) is 11.6 Å². The van der Waals surface area contributed by atoms with Crippen LogP contribution in [0.3, 0.4) is 0 Å². The lowest BCUT2D eigenvalue weighted by Crippen LogP contribution is -2.16. The van der Waals surface area contributed by atoms with E-state index in [0.717, 1.165) is 5.56 Å². The van der Waals surface area contributed by atoms with E-state index in [0.29, 0.717) is 31.7 Å². The fourth-order valence-electron chi connectivity index (χ4n) is 1.57. The second-order valence-electron chi connectivity index (χ2n) is 3.81. The van der Waals surface area contributed by atoms with Gasteiger partial charge in [0.15, 0.2) is 0 Å². The van der Waals surface area contributed by atoms with E-state index in [1.54, 1.807) is 13.2 Å². The molecule has 1 aromatic carbocycles. The molecule has 1 N–H and O–H groups in total. The number of hydrogen-bond acceptors (Lipinski definition) is 4. The van der Waals surface area contributed by atoms with Crippen LogP contribution in [0, 0.1) is 5.82 Å². The van der Waals surface area contributed by atoms with Crippen LogP contribution < -0.4 is 10.1 Å². The maximum atomic E-state index is 13.1. The molecule has 1 aromatic rings. The number of benzene rings is 1. The topological polar surface area (TPSA) is 47.6 Å². The van der Waals surface area contributed by atoms with Crippen LogP contribution in [0.5, 0.6) is 5.75 Å². The summed E-state index contributed by atoms with van der Waals surface area (Å²) < 4.78 is 22.7. The van der Waals surface area contributed by atoms with Gasteiger partial charge in [0.25, 0.3) is 0 Å².